The van der Waals surface area contributed by atoms with Crippen LogP contribution in [0.3, 0.4) is 0 Å². The van der Waals surface area contributed by atoms with Gasteiger partial charge in [0, 0.05) is 4.88 Å². The Morgan fingerprint density at radius 1 is 1.13 bits per heavy atom. The Balaban J connectivity index is 1.62. The molecule has 23 heavy (non-hydrogen) atoms. The second-order valence-electron chi connectivity index (χ2n) is 6.05. The number of rotatable bonds is 6. The van der Waals surface area contributed by atoms with Gasteiger partial charge in [-0.15, -0.1) is 11.3 Å². The summed E-state index contributed by atoms with van der Waals surface area (Å²) in [5, 5.41) is 11.9. The quantitative estimate of drug-likeness (QED) is 0.853. The van der Waals surface area contributed by atoms with E-state index in [1.54, 1.807) is 12.1 Å². The van der Waals surface area contributed by atoms with E-state index in [1.165, 1.54) is 16.9 Å². The molecule has 0 aliphatic heterocycles. The van der Waals surface area contributed by atoms with E-state index in [0.29, 0.717) is 11.4 Å². The highest BCUT2D eigenvalue weighted by atomic mass is 32.1. The number of amides is 1. The molecule has 0 bridgehead atoms. The van der Waals surface area contributed by atoms with E-state index in [1.807, 2.05) is 18.2 Å². The average molecular weight is 329 g/mol. The molecule has 3 rings (SSSR count). The molecule has 120 valence electrons. The zero-order chi connectivity index (χ0) is 16.3. The fraction of sp³-hybridized carbons (Fsp3) is 0.333. The molecule has 2 N–H and O–H groups in total. The summed E-state index contributed by atoms with van der Waals surface area (Å²) < 4.78 is 0. The van der Waals surface area contributed by atoms with Crippen molar-refractivity contribution in [2.24, 2.45) is 5.41 Å². The average Bonchev–Trinajstić information content (AvgIpc) is 2.99. The molecule has 0 spiro atoms. The van der Waals surface area contributed by atoms with Crippen molar-refractivity contribution in [2.45, 2.75) is 32.2 Å². The Morgan fingerprint density at radius 2 is 1.87 bits per heavy atom. The van der Waals surface area contributed by atoms with E-state index < -0.39 is 5.97 Å². The maximum Gasteiger partial charge on any atom is 0.345 e. The minimum atomic E-state index is -0.924. The van der Waals surface area contributed by atoms with Crippen molar-refractivity contribution in [2.75, 3.05) is 0 Å². The lowest BCUT2D eigenvalue weighted by Crippen LogP contribution is -2.46. The van der Waals surface area contributed by atoms with Gasteiger partial charge < -0.3 is 10.4 Å². The Labute approximate surface area is 139 Å². The van der Waals surface area contributed by atoms with Crippen LogP contribution in [0.25, 0.3) is 0 Å². The van der Waals surface area contributed by atoms with Crippen LogP contribution in [0.5, 0.6) is 0 Å². The van der Waals surface area contributed by atoms with Gasteiger partial charge in [-0.25, -0.2) is 4.79 Å². The van der Waals surface area contributed by atoms with Crippen molar-refractivity contribution in [3.63, 3.8) is 0 Å². The summed E-state index contributed by atoms with van der Waals surface area (Å²) in [5.41, 5.74) is 0.889. The monoisotopic (exact) mass is 329 g/mol. The van der Waals surface area contributed by atoms with E-state index in [4.69, 9.17) is 5.11 Å². The molecule has 1 fully saturated rings. The summed E-state index contributed by atoms with van der Waals surface area (Å²) in [6, 6.07) is 13.4. The lowest BCUT2D eigenvalue weighted by Gasteiger charge is -2.40. The fourth-order valence-electron chi connectivity index (χ4n) is 3.02. The van der Waals surface area contributed by atoms with E-state index in [-0.39, 0.29) is 11.3 Å². The van der Waals surface area contributed by atoms with Crippen molar-refractivity contribution < 1.29 is 14.7 Å². The Hall–Kier alpha value is -2.14. The molecular weight excluding hydrogens is 310 g/mol. The molecule has 0 unspecified atom stereocenters. The van der Waals surface area contributed by atoms with Crippen molar-refractivity contribution in [3.05, 3.63) is 57.8 Å². The number of hydrogen-bond donors (Lipinski definition) is 2. The zero-order valence-electron chi connectivity index (χ0n) is 12.7. The zero-order valence-corrected chi connectivity index (χ0v) is 13.6. The first-order valence-corrected chi connectivity index (χ1v) is 8.55. The number of hydrogen-bond acceptors (Lipinski definition) is 3. The first-order valence-electron chi connectivity index (χ1n) is 7.73. The minimum absolute atomic E-state index is 0.0814. The smallest absolute Gasteiger partial charge is 0.345 e. The molecule has 4 nitrogen and oxygen atoms in total. The van der Waals surface area contributed by atoms with Gasteiger partial charge in [-0.2, -0.15) is 0 Å². The Morgan fingerprint density at radius 3 is 2.43 bits per heavy atom. The fourth-order valence-corrected chi connectivity index (χ4v) is 3.80. The van der Waals surface area contributed by atoms with Crippen LogP contribution in [0.2, 0.25) is 0 Å². The van der Waals surface area contributed by atoms with Gasteiger partial charge in [0.2, 0.25) is 5.91 Å². The van der Waals surface area contributed by atoms with Crippen LogP contribution in [-0.2, 0) is 17.8 Å². The van der Waals surface area contributed by atoms with Gasteiger partial charge in [0.05, 0.1) is 12.0 Å². The van der Waals surface area contributed by atoms with Crippen LogP contribution >= 0.6 is 11.3 Å². The van der Waals surface area contributed by atoms with Gasteiger partial charge in [-0.1, -0.05) is 36.8 Å². The number of carboxylic acids is 1. The lowest BCUT2D eigenvalue weighted by atomic mass is 9.64. The minimum Gasteiger partial charge on any atom is -0.477 e. The van der Waals surface area contributed by atoms with Gasteiger partial charge in [0.1, 0.15) is 4.88 Å². The molecule has 1 amide bonds. The number of carbonyl (C=O) groups excluding carboxylic acids is 1. The maximum absolute atomic E-state index is 12.6. The number of benzene rings is 1. The number of carbonyl (C=O) groups is 2. The Bertz CT molecular complexity index is 704. The largest absolute Gasteiger partial charge is 0.477 e. The molecule has 0 radical (unpaired) electrons. The van der Waals surface area contributed by atoms with Gasteiger partial charge in [-0.3, -0.25) is 4.79 Å². The highest BCUT2D eigenvalue weighted by Gasteiger charge is 2.43. The number of thiophene rings is 1. The van der Waals surface area contributed by atoms with Crippen molar-refractivity contribution in [3.8, 4) is 0 Å². The predicted molar refractivity (Wildman–Crippen MR) is 89.6 cm³/mol. The third-order valence-electron chi connectivity index (χ3n) is 4.47. The summed E-state index contributed by atoms with van der Waals surface area (Å²) in [6.45, 7) is 0.396. The highest BCUT2D eigenvalue weighted by molar-refractivity contribution is 7.13. The van der Waals surface area contributed by atoms with Crippen molar-refractivity contribution >= 4 is 23.2 Å². The first-order chi connectivity index (χ1) is 11.1. The van der Waals surface area contributed by atoms with Gasteiger partial charge >= 0.3 is 5.97 Å². The molecule has 1 aliphatic carbocycles. The van der Waals surface area contributed by atoms with Crippen LogP contribution in [-0.4, -0.2) is 17.0 Å². The van der Waals surface area contributed by atoms with Gasteiger partial charge in [-0.05, 0) is 37.0 Å². The van der Waals surface area contributed by atoms with E-state index in [0.717, 1.165) is 30.6 Å². The summed E-state index contributed by atoms with van der Waals surface area (Å²) in [6.07, 6.45) is 3.68. The standard InChI is InChI=1S/C18H19NO3S/c20-16(21)15-8-7-14(23-15)12-19-17(22)18(9-4-10-18)11-13-5-2-1-3-6-13/h1-3,5-8H,4,9-12H2,(H,19,22)(H,20,21). The SMILES string of the molecule is O=C(O)c1ccc(CNC(=O)C2(Cc3ccccc3)CCC2)s1. The van der Waals surface area contributed by atoms with Gasteiger partial charge in [0.25, 0.3) is 0 Å². The predicted octanol–water partition coefficient (Wildman–Crippen LogP) is 3.48. The van der Waals surface area contributed by atoms with Crippen molar-refractivity contribution in [1.29, 1.82) is 0 Å². The molecule has 2 aromatic rings. The first kappa shape index (κ1) is 15.7. The third-order valence-corrected chi connectivity index (χ3v) is 5.55. The Kier molecular flexibility index (Phi) is 4.48. The van der Waals surface area contributed by atoms with Gasteiger partial charge in [0.15, 0.2) is 0 Å². The van der Waals surface area contributed by atoms with E-state index >= 15 is 0 Å². The molecule has 0 saturated heterocycles. The third kappa shape index (κ3) is 3.45. The summed E-state index contributed by atoms with van der Waals surface area (Å²) in [7, 11) is 0. The van der Waals surface area contributed by atoms with Crippen molar-refractivity contribution in [1.82, 2.24) is 5.32 Å². The van der Waals surface area contributed by atoms with E-state index in [2.05, 4.69) is 17.4 Å². The summed E-state index contributed by atoms with van der Waals surface area (Å²) >= 11 is 1.21. The molecular formula is C18H19NO3S. The van der Waals surface area contributed by atoms with Crippen LogP contribution in [0.1, 0.15) is 39.4 Å². The molecule has 5 heteroatoms. The topological polar surface area (TPSA) is 66.4 Å². The summed E-state index contributed by atoms with van der Waals surface area (Å²) in [4.78, 5) is 24.7. The van der Waals surface area contributed by atoms with Crippen LogP contribution in [0, 0.1) is 5.41 Å². The molecule has 0 atom stereocenters. The maximum atomic E-state index is 12.6. The molecule has 1 saturated carbocycles. The number of aromatic carboxylic acids is 1. The highest BCUT2D eigenvalue weighted by Crippen LogP contribution is 2.44. The molecule has 1 aromatic heterocycles. The van der Waals surface area contributed by atoms with E-state index in [9.17, 15) is 9.59 Å². The second-order valence-corrected chi connectivity index (χ2v) is 7.22. The van der Waals surface area contributed by atoms with Crippen LogP contribution in [0.15, 0.2) is 42.5 Å². The molecule has 1 heterocycles. The molecule has 1 aromatic carbocycles. The number of carboxylic acid groups (broad SMARTS) is 1. The normalized spacial score (nSPS) is 15.7. The number of nitrogens with one attached hydrogen (secondary N) is 1. The molecule has 1 aliphatic rings. The van der Waals surface area contributed by atoms with Crippen LogP contribution < -0.4 is 5.32 Å². The van der Waals surface area contributed by atoms with Crippen LogP contribution in [0.4, 0.5) is 0 Å². The second kappa shape index (κ2) is 6.54. The summed E-state index contributed by atoms with van der Waals surface area (Å²) in [5.74, 6) is -0.843. The lowest BCUT2D eigenvalue weighted by molar-refractivity contribution is -0.136.